The maximum absolute atomic E-state index is 13.6. The fourth-order valence-corrected chi connectivity index (χ4v) is 4.93. The zero-order valence-electron chi connectivity index (χ0n) is 14.4. The summed E-state index contributed by atoms with van der Waals surface area (Å²) >= 11 is 0. The SMILES string of the molecule is O=C(/C=C\c1cc(F)ccc1F)N1CCN(C2CCS(=O)(=O)CC2)CC1. The van der Waals surface area contributed by atoms with Gasteiger partial charge in [0.1, 0.15) is 21.5 Å². The summed E-state index contributed by atoms with van der Waals surface area (Å²) in [5.41, 5.74) is 0.0420. The van der Waals surface area contributed by atoms with Crippen LogP contribution in [0.3, 0.4) is 0 Å². The summed E-state index contributed by atoms with van der Waals surface area (Å²) in [5.74, 6) is -0.897. The van der Waals surface area contributed by atoms with Crippen LogP contribution in [0.5, 0.6) is 0 Å². The maximum Gasteiger partial charge on any atom is 0.246 e. The van der Waals surface area contributed by atoms with Gasteiger partial charge < -0.3 is 4.90 Å². The van der Waals surface area contributed by atoms with Gasteiger partial charge >= 0.3 is 0 Å². The molecular formula is C18H22F2N2O3S. The molecule has 0 N–H and O–H groups in total. The summed E-state index contributed by atoms with van der Waals surface area (Å²) in [5, 5.41) is 0. The van der Waals surface area contributed by atoms with Crippen LogP contribution in [0.2, 0.25) is 0 Å². The lowest BCUT2D eigenvalue weighted by Gasteiger charge is -2.40. The lowest BCUT2D eigenvalue weighted by Crippen LogP contribution is -2.53. The summed E-state index contributed by atoms with van der Waals surface area (Å²) in [6, 6.07) is 3.37. The highest BCUT2D eigenvalue weighted by atomic mass is 32.2. The van der Waals surface area contributed by atoms with Crippen LogP contribution in [0.4, 0.5) is 8.78 Å². The Balaban J connectivity index is 1.52. The van der Waals surface area contributed by atoms with Gasteiger partial charge in [0.15, 0.2) is 0 Å². The van der Waals surface area contributed by atoms with Gasteiger partial charge in [0.25, 0.3) is 0 Å². The molecule has 0 saturated carbocycles. The molecule has 2 aliphatic heterocycles. The van der Waals surface area contributed by atoms with E-state index in [1.807, 2.05) is 0 Å². The van der Waals surface area contributed by atoms with E-state index < -0.39 is 21.5 Å². The minimum Gasteiger partial charge on any atom is -0.337 e. The van der Waals surface area contributed by atoms with Crippen molar-refractivity contribution in [1.29, 1.82) is 0 Å². The highest BCUT2D eigenvalue weighted by Gasteiger charge is 2.30. The van der Waals surface area contributed by atoms with Crippen molar-refractivity contribution in [3.05, 3.63) is 41.5 Å². The minimum absolute atomic E-state index is 0.0420. The Hall–Kier alpha value is -1.80. The lowest BCUT2D eigenvalue weighted by molar-refractivity contribution is -0.128. The number of benzene rings is 1. The Labute approximate surface area is 152 Å². The van der Waals surface area contributed by atoms with E-state index in [0.29, 0.717) is 39.0 Å². The van der Waals surface area contributed by atoms with E-state index >= 15 is 0 Å². The molecule has 0 aromatic heterocycles. The van der Waals surface area contributed by atoms with Crippen LogP contribution in [-0.4, -0.2) is 67.9 Å². The van der Waals surface area contributed by atoms with E-state index in [1.165, 1.54) is 12.2 Å². The van der Waals surface area contributed by atoms with E-state index in [1.54, 1.807) is 4.90 Å². The van der Waals surface area contributed by atoms with E-state index in [9.17, 15) is 22.0 Å². The Morgan fingerprint density at radius 2 is 1.73 bits per heavy atom. The van der Waals surface area contributed by atoms with Crippen LogP contribution in [0, 0.1) is 11.6 Å². The van der Waals surface area contributed by atoms with Crippen LogP contribution in [0.1, 0.15) is 18.4 Å². The standard InChI is InChI=1S/C18H22F2N2O3S/c19-15-2-3-17(20)14(13-15)1-4-18(23)22-9-7-21(8-10-22)16-5-11-26(24,25)12-6-16/h1-4,13,16H,5-12H2/b4-1-. The number of amides is 1. The van der Waals surface area contributed by atoms with Crippen molar-refractivity contribution < 1.29 is 22.0 Å². The van der Waals surface area contributed by atoms with Crippen molar-refractivity contribution in [3.63, 3.8) is 0 Å². The number of halogens is 2. The van der Waals surface area contributed by atoms with Gasteiger partial charge in [0.2, 0.25) is 5.91 Å². The zero-order chi connectivity index (χ0) is 18.7. The Morgan fingerprint density at radius 3 is 2.38 bits per heavy atom. The molecule has 2 heterocycles. The van der Waals surface area contributed by atoms with Gasteiger partial charge in [-0.25, -0.2) is 17.2 Å². The number of hydrogen-bond donors (Lipinski definition) is 0. The Bertz CT molecular complexity index is 789. The zero-order valence-corrected chi connectivity index (χ0v) is 15.2. The molecule has 1 aromatic carbocycles. The highest BCUT2D eigenvalue weighted by Crippen LogP contribution is 2.20. The molecule has 1 amide bonds. The molecule has 8 heteroatoms. The third kappa shape index (κ3) is 4.67. The second-order valence-electron chi connectivity index (χ2n) is 6.74. The summed E-state index contributed by atoms with van der Waals surface area (Å²) in [6.07, 6.45) is 3.85. The number of carbonyl (C=O) groups excluding carboxylic acids is 1. The molecule has 3 rings (SSSR count). The van der Waals surface area contributed by atoms with Gasteiger partial charge in [-0.15, -0.1) is 0 Å². The molecule has 2 saturated heterocycles. The fraction of sp³-hybridized carbons (Fsp3) is 0.500. The van der Waals surface area contributed by atoms with E-state index in [-0.39, 0.29) is 29.0 Å². The molecule has 2 aliphatic rings. The monoisotopic (exact) mass is 384 g/mol. The Kier molecular flexibility index (Phi) is 5.72. The van der Waals surface area contributed by atoms with Gasteiger partial charge in [-0.05, 0) is 37.1 Å². The summed E-state index contributed by atoms with van der Waals surface area (Å²) in [7, 11) is -2.88. The van der Waals surface area contributed by atoms with Crippen LogP contribution in [-0.2, 0) is 14.6 Å². The molecule has 0 unspecified atom stereocenters. The number of rotatable bonds is 3. The molecule has 0 bridgehead atoms. The number of nitrogens with zero attached hydrogens (tertiary/aromatic N) is 2. The molecule has 2 fully saturated rings. The van der Waals surface area contributed by atoms with Gasteiger partial charge in [-0.3, -0.25) is 9.69 Å². The van der Waals surface area contributed by atoms with Crippen molar-refractivity contribution in [2.45, 2.75) is 18.9 Å². The van der Waals surface area contributed by atoms with E-state index in [0.717, 1.165) is 18.2 Å². The fourth-order valence-electron chi connectivity index (χ4n) is 3.46. The molecule has 142 valence electrons. The number of carbonyl (C=O) groups is 1. The largest absolute Gasteiger partial charge is 0.337 e. The minimum atomic E-state index is -2.88. The highest BCUT2D eigenvalue weighted by molar-refractivity contribution is 7.91. The number of sulfone groups is 1. The van der Waals surface area contributed by atoms with Crippen molar-refractivity contribution >= 4 is 21.8 Å². The molecule has 5 nitrogen and oxygen atoms in total. The smallest absolute Gasteiger partial charge is 0.246 e. The molecule has 26 heavy (non-hydrogen) atoms. The van der Waals surface area contributed by atoms with Gasteiger partial charge in [-0.1, -0.05) is 0 Å². The average Bonchev–Trinajstić information content (AvgIpc) is 2.62. The lowest BCUT2D eigenvalue weighted by atomic mass is 10.1. The quantitative estimate of drug-likeness (QED) is 0.745. The van der Waals surface area contributed by atoms with Gasteiger partial charge in [0, 0.05) is 43.9 Å². The summed E-state index contributed by atoms with van der Waals surface area (Å²) in [6.45, 7) is 2.47. The van der Waals surface area contributed by atoms with Crippen LogP contribution < -0.4 is 0 Å². The summed E-state index contributed by atoms with van der Waals surface area (Å²) < 4.78 is 49.8. The third-order valence-electron chi connectivity index (χ3n) is 5.03. The average molecular weight is 384 g/mol. The van der Waals surface area contributed by atoms with E-state index in [2.05, 4.69) is 4.90 Å². The molecule has 1 aromatic rings. The van der Waals surface area contributed by atoms with Crippen LogP contribution >= 0.6 is 0 Å². The van der Waals surface area contributed by atoms with Crippen molar-refractivity contribution in [3.8, 4) is 0 Å². The molecular weight excluding hydrogens is 362 g/mol. The number of piperazine rings is 1. The normalized spacial score (nSPS) is 22.0. The van der Waals surface area contributed by atoms with Crippen LogP contribution in [0.15, 0.2) is 24.3 Å². The third-order valence-corrected chi connectivity index (χ3v) is 6.75. The predicted octanol–water partition coefficient (Wildman–Crippen LogP) is 1.70. The van der Waals surface area contributed by atoms with Gasteiger partial charge in [0.05, 0.1) is 11.5 Å². The van der Waals surface area contributed by atoms with Crippen molar-refractivity contribution in [2.75, 3.05) is 37.7 Å². The molecule has 0 spiro atoms. The molecule has 0 aliphatic carbocycles. The Morgan fingerprint density at radius 1 is 1.08 bits per heavy atom. The predicted molar refractivity (Wildman–Crippen MR) is 95.2 cm³/mol. The first-order chi connectivity index (χ1) is 12.3. The second kappa shape index (κ2) is 7.84. The van der Waals surface area contributed by atoms with Crippen molar-refractivity contribution in [1.82, 2.24) is 9.80 Å². The topological polar surface area (TPSA) is 57.7 Å². The number of hydrogen-bond acceptors (Lipinski definition) is 4. The first-order valence-corrected chi connectivity index (χ1v) is 10.5. The molecule has 0 atom stereocenters. The van der Waals surface area contributed by atoms with Crippen molar-refractivity contribution in [2.24, 2.45) is 0 Å². The first-order valence-electron chi connectivity index (χ1n) is 8.70. The van der Waals surface area contributed by atoms with Crippen LogP contribution in [0.25, 0.3) is 6.08 Å². The van der Waals surface area contributed by atoms with Gasteiger partial charge in [-0.2, -0.15) is 0 Å². The first kappa shape index (κ1) is 19.0. The molecule has 0 radical (unpaired) electrons. The maximum atomic E-state index is 13.6. The second-order valence-corrected chi connectivity index (χ2v) is 9.05. The van der Waals surface area contributed by atoms with E-state index in [4.69, 9.17) is 0 Å². The summed E-state index contributed by atoms with van der Waals surface area (Å²) in [4.78, 5) is 16.2.